The fourth-order valence-electron chi connectivity index (χ4n) is 1.58. The molecule has 14 heavy (non-hydrogen) atoms. The van der Waals surface area contributed by atoms with Gasteiger partial charge in [0.05, 0.1) is 7.11 Å². The minimum Gasteiger partial charge on any atom is -0.496 e. The van der Waals surface area contributed by atoms with Gasteiger partial charge in [-0.3, -0.25) is 0 Å². The SMILES string of the molecule is COc1cc(C2(N)CC2)cc(F)c1C. The van der Waals surface area contributed by atoms with Gasteiger partial charge in [0.25, 0.3) is 0 Å². The number of halogens is 1. The third-order valence-corrected chi connectivity index (χ3v) is 2.88. The van der Waals surface area contributed by atoms with Crippen LogP contribution in [0.25, 0.3) is 0 Å². The lowest BCUT2D eigenvalue weighted by Crippen LogP contribution is -2.19. The van der Waals surface area contributed by atoms with E-state index < -0.39 is 0 Å². The van der Waals surface area contributed by atoms with Crippen LogP contribution in [0.3, 0.4) is 0 Å². The monoisotopic (exact) mass is 195 g/mol. The van der Waals surface area contributed by atoms with Crippen LogP contribution in [-0.2, 0) is 5.54 Å². The summed E-state index contributed by atoms with van der Waals surface area (Å²) in [5.41, 5.74) is 7.07. The average Bonchev–Trinajstić information content (AvgIpc) is 2.89. The van der Waals surface area contributed by atoms with E-state index in [0.29, 0.717) is 11.3 Å². The molecule has 0 aromatic heterocycles. The van der Waals surface area contributed by atoms with E-state index in [1.54, 1.807) is 14.0 Å². The van der Waals surface area contributed by atoms with Crippen LogP contribution in [0.15, 0.2) is 12.1 Å². The molecule has 0 saturated heterocycles. The number of hydrogen-bond donors (Lipinski definition) is 1. The zero-order valence-electron chi connectivity index (χ0n) is 8.43. The fraction of sp³-hybridized carbons (Fsp3) is 0.455. The molecule has 1 aliphatic rings. The van der Waals surface area contributed by atoms with Crippen LogP contribution in [0.4, 0.5) is 4.39 Å². The molecule has 3 heteroatoms. The molecule has 2 rings (SSSR count). The second kappa shape index (κ2) is 2.95. The van der Waals surface area contributed by atoms with Gasteiger partial charge in [0.1, 0.15) is 11.6 Å². The molecular formula is C11H14FNO. The van der Waals surface area contributed by atoms with Crippen molar-refractivity contribution in [1.29, 1.82) is 0 Å². The average molecular weight is 195 g/mol. The maximum Gasteiger partial charge on any atom is 0.130 e. The Bertz CT molecular complexity index is 372. The molecule has 1 saturated carbocycles. The Hall–Kier alpha value is -1.09. The van der Waals surface area contributed by atoms with Crippen LogP contribution in [0.1, 0.15) is 24.0 Å². The highest BCUT2D eigenvalue weighted by atomic mass is 19.1. The molecule has 0 heterocycles. The van der Waals surface area contributed by atoms with E-state index in [-0.39, 0.29) is 11.4 Å². The summed E-state index contributed by atoms with van der Waals surface area (Å²) in [7, 11) is 1.54. The molecular weight excluding hydrogens is 181 g/mol. The molecule has 0 spiro atoms. The molecule has 76 valence electrons. The van der Waals surface area contributed by atoms with Gasteiger partial charge in [0.15, 0.2) is 0 Å². The lowest BCUT2D eigenvalue weighted by atomic mass is 10.0. The smallest absolute Gasteiger partial charge is 0.130 e. The van der Waals surface area contributed by atoms with E-state index in [1.165, 1.54) is 6.07 Å². The maximum atomic E-state index is 13.4. The number of rotatable bonds is 2. The summed E-state index contributed by atoms with van der Waals surface area (Å²) in [5, 5.41) is 0. The van der Waals surface area contributed by atoms with Gasteiger partial charge in [-0.1, -0.05) is 0 Å². The van der Waals surface area contributed by atoms with Crippen molar-refractivity contribution in [3.63, 3.8) is 0 Å². The molecule has 1 aromatic carbocycles. The number of methoxy groups -OCH3 is 1. The second-order valence-electron chi connectivity index (χ2n) is 3.94. The summed E-state index contributed by atoms with van der Waals surface area (Å²) in [6, 6.07) is 3.36. The third kappa shape index (κ3) is 1.38. The van der Waals surface area contributed by atoms with Crippen molar-refractivity contribution in [3.8, 4) is 5.75 Å². The third-order valence-electron chi connectivity index (χ3n) is 2.88. The van der Waals surface area contributed by atoms with Gasteiger partial charge in [0.2, 0.25) is 0 Å². The summed E-state index contributed by atoms with van der Waals surface area (Å²) in [4.78, 5) is 0. The van der Waals surface area contributed by atoms with Crippen molar-refractivity contribution in [2.45, 2.75) is 25.3 Å². The first-order valence-corrected chi connectivity index (χ1v) is 4.70. The Morgan fingerprint density at radius 2 is 2.07 bits per heavy atom. The van der Waals surface area contributed by atoms with Crippen molar-refractivity contribution in [3.05, 3.63) is 29.1 Å². The van der Waals surface area contributed by atoms with E-state index >= 15 is 0 Å². The molecule has 0 unspecified atom stereocenters. The van der Waals surface area contributed by atoms with E-state index in [1.807, 2.05) is 6.07 Å². The summed E-state index contributed by atoms with van der Waals surface area (Å²) in [5.74, 6) is 0.341. The number of nitrogens with two attached hydrogens (primary N) is 1. The summed E-state index contributed by atoms with van der Waals surface area (Å²) < 4.78 is 18.5. The summed E-state index contributed by atoms with van der Waals surface area (Å²) in [6.45, 7) is 1.70. The van der Waals surface area contributed by atoms with Gasteiger partial charge in [-0.2, -0.15) is 0 Å². The predicted octanol–water partition coefficient (Wildman–Crippen LogP) is 2.09. The first-order chi connectivity index (χ1) is 6.57. The van der Waals surface area contributed by atoms with Gasteiger partial charge in [-0.15, -0.1) is 0 Å². The van der Waals surface area contributed by atoms with E-state index in [2.05, 4.69) is 0 Å². The van der Waals surface area contributed by atoms with Gasteiger partial charge in [-0.25, -0.2) is 4.39 Å². The lowest BCUT2D eigenvalue weighted by molar-refractivity contribution is 0.405. The van der Waals surface area contributed by atoms with E-state index in [0.717, 1.165) is 18.4 Å². The molecule has 0 bridgehead atoms. The van der Waals surface area contributed by atoms with Crippen LogP contribution in [-0.4, -0.2) is 7.11 Å². The fourth-order valence-corrected chi connectivity index (χ4v) is 1.58. The highest BCUT2D eigenvalue weighted by molar-refractivity contribution is 5.42. The van der Waals surface area contributed by atoms with Crippen molar-refractivity contribution in [1.82, 2.24) is 0 Å². The van der Waals surface area contributed by atoms with Crippen molar-refractivity contribution in [2.75, 3.05) is 7.11 Å². The Labute approximate surface area is 82.9 Å². The number of benzene rings is 1. The van der Waals surface area contributed by atoms with Crippen LogP contribution in [0, 0.1) is 12.7 Å². The zero-order valence-corrected chi connectivity index (χ0v) is 8.43. The standard InChI is InChI=1S/C11H14FNO/c1-7-9(12)5-8(6-10(7)14-2)11(13)3-4-11/h5-6H,3-4,13H2,1-2H3. The van der Waals surface area contributed by atoms with Crippen molar-refractivity contribution < 1.29 is 9.13 Å². The predicted molar refractivity (Wildman–Crippen MR) is 52.8 cm³/mol. The van der Waals surface area contributed by atoms with Crippen LogP contribution in [0.5, 0.6) is 5.75 Å². The van der Waals surface area contributed by atoms with Gasteiger partial charge >= 0.3 is 0 Å². The molecule has 1 aromatic rings. The lowest BCUT2D eigenvalue weighted by Gasteiger charge is -2.13. The largest absolute Gasteiger partial charge is 0.496 e. The molecule has 0 radical (unpaired) electrons. The Morgan fingerprint density at radius 1 is 1.43 bits per heavy atom. The molecule has 2 N–H and O–H groups in total. The van der Waals surface area contributed by atoms with E-state index in [9.17, 15) is 4.39 Å². The van der Waals surface area contributed by atoms with Gasteiger partial charge < -0.3 is 10.5 Å². The molecule has 0 aliphatic heterocycles. The van der Waals surface area contributed by atoms with E-state index in [4.69, 9.17) is 10.5 Å². The molecule has 2 nitrogen and oxygen atoms in total. The Kier molecular flexibility index (Phi) is 2.00. The molecule has 0 amide bonds. The normalized spacial score (nSPS) is 18.0. The minimum atomic E-state index is -0.304. The number of hydrogen-bond acceptors (Lipinski definition) is 2. The van der Waals surface area contributed by atoms with Gasteiger partial charge in [-0.05, 0) is 37.5 Å². The minimum absolute atomic E-state index is 0.240. The molecule has 1 fully saturated rings. The zero-order chi connectivity index (χ0) is 10.3. The molecule has 0 atom stereocenters. The quantitative estimate of drug-likeness (QED) is 0.784. The summed E-state index contributed by atoms with van der Waals surface area (Å²) in [6.07, 6.45) is 1.86. The Morgan fingerprint density at radius 3 is 2.57 bits per heavy atom. The number of ether oxygens (including phenoxy) is 1. The van der Waals surface area contributed by atoms with Crippen LogP contribution < -0.4 is 10.5 Å². The highest BCUT2D eigenvalue weighted by Crippen LogP contribution is 2.44. The Balaban J connectivity index is 2.48. The van der Waals surface area contributed by atoms with Crippen LogP contribution in [0.2, 0.25) is 0 Å². The summed E-state index contributed by atoms with van der Waals surface area (Å²) >= 11 is 0. The topological polar surface area (TPSA) is 35.2 Å². The van der Waals surface area contributed by atoms with Crippen LogP contribution >= 0.6 is 0 Å². The van der Waals surface area contributed by atoms with Crippen molar-refractivity contribution in [2.24, 2.45) is 5.73 Å². The maximum absolute atomic E-state index is 13.4. The first kappa shape index (κ1) is 9.46. The first-order valence-electron chi connectivity index (χ1n) is 4.70. The highest BCUT2D eigenvalue weighted by Gasteiger charge is 2.40. The van der Waals surface area contributed by atoms with Crippen molar-refractivity contribution >= 4 is 0 Å². The van der Waals surface area contributed by atoms with Gasteiger partial charge in [0, 0.05) is 11.1 Å². The molecule has 1 aliphatic carbocycles. The second-order valence-corrected chi connectivity index (χ2v) is 3.94.